The minimum Gasteiger partial charge on any atom is -0.488 e. The van der Waals surface area contributed by atoms with E-state index in [1.165, 1.54) is 6.07 Å². The summed E-state index contributed by atoms with van der Waals surface area (Å²) in [4.78, 5) is 20.3. The van der Waals surface area contributed by atoms with Gasteiger partial charge in [-0.2, -0.15) is 0 Å². The summed E-state index contributed by atoms with van der Waals surface area (Å²) in [6.07, 6.45) is 0.777. The zero-order valence-corrected chi connectivity index (χ0v) is 16.3. The second-order valence-electron chi connectivity index (χ2n) is 6.97. The van der Waals surface area contributed by atoms with E-state index in [0.717, 1.165) is 22.4 Å². The van der Waals surface area contributed by atoms with Gasteiger partial charge in [0.15, 0.2) is 11.6 Å². The molecule has 1 atom stereocenters. The molecule has 1 heterocycles. The van der Waals surface area contributed by atoms with Gasteiger partial charge in [0.25, 0.3) is 0 Å². The smallest absolute Gasteiger partial charge is 0.221 e. The van der Waals surface area contributed by atoms with Crippen molar-refractivity contribution in [3.05, 3.63) is 96.1 Å². The predicted octanol–water partition coefficient (Wildman–Crippen LogP) is 4.57. The number of aromatic nitrogens is 2. The van der Waals surface area contributed by atoms with Crippen LogP contribution in [0.3, 0.4) is 0 Å². The lowest BCUT2D eigenvalue weighted by Gasteiger charge is -2.20. The van der Waals surface area contributed by atoms with Gasteiger partial charge in [0.1, 0.15) is 12.4 Å². The highest BCUT2D eigenvalue weighted by Crippen LogP contribution is 2.20. The zero-order valence-electron chi connectivity index (χ0n) is 16.3. The maximum absolute atomic E-state index is 13.9. The van der Waals surface area contributed by atoms with Crippen molar-refractivity contribution in [2.45, 2.75) is 18.9 Å². The summed E-state index contributed by atoms with van der Waals surface area (Å²) in [6.45, 7) is 0.126. The summed E-state index contributed by atoms with van der Waals surface area (Å²) in [7, 11) is 0. The molecule has 152 valence electrons. The number of carbonyl (C=O) groups is 1. The van der Waals surface area contributed by atoms with E-state index in [1.54, 1.807) is 18.2 Å². The van der Waals surface area contributed by atoms with E-state index in [4.69, 9.17) is 4.74 Å². The summed E-state index contributed by atoms with van der Waals surface area (Å²) in [5, 5.41) is 3.00. The van der Waals surface area contributed by atoms with E-state index in [0.29, 0.717) is 6.42 Å². The zero-order chi connectivity index (χ0) is 20.8. The molecule has 4 rings (SSSR count). The largest absolute Gasteiger partial charge is 0.488 e. The predicted molar refractivity (Wildman–Crippen MR) is 114 cm³/mol. The lowest BCUT2D eigenvalue weighted by molar-refractivity contribution is -0.122. The Balaban J connectivity index is 1.40. The molecule has 0 bridgehead atoms. The van der Waals surface area contributed by atoms with Crippen LogP contribution in [0.4, 0.5) is 4.39 Å². The van der Waals surface area contributed by atoms with E-state index in [-0.39, 0.29) is 24.7 Å². The monoisotopic (exact) mass is 403 g/mol. The number of hydrogen-bond acceptors (Lipinski definition) is 3. The number of hydrogen-bond donors (Lipinski definition) is 2. The number of carbonyl (C=O) groups excluding carboxylic acids is 1. The first-order valence-electron chi connectivity index (χ1n) is 9.84. The number of ether oxygens (including phenoxy) is 1. The van der Waals surface area contributed by atoms with Gasteiger partial charge in [-0.25, -0.2) is 9.37 Å². The maximum Gasteiger partial charge on any atom is 0.221 e. The van der Waals surface area contributed by atoms with Crippen LogP contribution in [0.25, 0.3) is 11.0 Å². The van der Waals surface area contributed by atoms with E-state index < -0.39 is 11.9 Å². The summed E-state index contributed by atoms with van der Waals surface area (Å²) in [5.74, 6) is 0.377. The number of fused-ring (bicyclic) bond motifs is 1. The molecule has 0 fully saturated rings. The van der Waals surface area contributed by atoms with Gasteiger partial charge >= 0.3 is 0 Å². The van der Waals surface area contributed by atoms with Crippen LogP contribution in [0.1, 0.15) is 23.9 Å². The van der Waals surface area contributed by atoms with Crippen LogP contribution in [0.2, 0.25) is 0 Å². The average Bonchev–Trinajstić information content (AvgIpc) is 3.20. The molecule has 3 aromatic carbocycles. The van der Waals surface area contributed by atoms with Gasteiger partial charge in [-0.15, -0.1) is 0 Å². The molecule has 0 spiro atoms. The van der Waals surface area contributed by atoms with Crippen LogP contribution >= 0.6 is 0 Å². The summed E-state index contributed by atoms with van der Waals surface area (Å²) >= 11 is 0. The highest BCUT2D eigenvalue weighted by molar-refractivity contribution is 5.77. The highest BCUT2D eigenvalue weighted by atomic mass is 19.1. The fraction of sp³-hybridized carbons (Fsp3) is 0.167. The van der Waals surface area contributed by atoms with Crippen LogP contribution in [0.15, 0.2) is 78.9 Å². The number of para-hydroxylation sites is 3. The van der Waals surface area contributed by atoms with Crippen molar-refractivity contribution in [2.24, 2.45) is 0 Å². The molecular weight excluding hydrogens is 381 g/mol. The molecule has 0 aliphatic carbocycles. The van der Waals surface area contributed by atoms with Crippen LogP contribution < -0.4 is 10.1 Å². The number of nitrogens with zero attached hydrogens (tertiary/aromatic N) is 1. The van der Waals surface area contributed by atoms with Crippen LogP contribution in [-0.2, 0) is 11.2 Å². The number of amides is 1. The van der Waals surface area contributed by atoms with Crippen molar-refractivity contribution in [2.75, 3.05) is 6.61 Å². The van der Waals surface area contributed by atoms with Gasteiger partial charge in [0.2, 0.25) is 5.91 Å². The third-order valence-electron chi connectivity index (χ3n) is 4.81. The van der Waals surface area contributed by atoms with Gasteiger partial charge in [0.05, 0.1) is 17.1 Å². The van der Waals surface area contributed by atoms with Crippen molar-refractivity contribution in [3.63, 3.8) is 0 Å². The molecule has 0 saturated heterocycles. The van der Waals surface area contributed by atoms with E-state index in [1.807, 2.05) is 54.6 Å². The van der Waals surface area contributed by atoms with E-state index in [2.05, 4.69) is 15.3 Å². The van der Waals surface area contributed by atoms with Gasteiger partial charge in [0, 0.05) is 12.8 Å². The molecule has 30 heavy (non-hydrogen) atoms. The molecule has 1 aromatic heterocycles. The Labute approximate surface area is 173 Å². The van der Waals surface area contributed by atoms with E-state index >= 15 is 0 Å². The van der Waals surface area contributed by atoms with Crippen LogP contribution in [0.5, 0.6) is 5.75 Å². The summed E-state index contributed by atoms with van der Waals surface area (Å²) < 4.78 is 19.5. The summed E-state index contributed by atoms with van der Waals surface area (Å²) in [6, 6.07) is 23.1. The SMILES string of the molecule is O=C(CCc1nc2ccccc2[nH]1)NC(COc1ccccc1F)c1ccccc1. The first kappa shape index (κ1) is 19.6. The molecule has 0 aliphatic rings. The van der Waals surface area contributed by atoms with Crippen LogP contribution in [0, 0.1) is 5.82 Å². The molecule has 0 radical (unpaired) electrons. The Morgan fingerprint density at radius 3 is 2.53 bits per heavy atom. The van der Waals surface area contributed by atoms with Crippen molar-refractivity contribution in [1.29, 1.82) is 0 Å². The average molecular weight is 403 g/mol. The van der Waals surface area contributed by atoms with Crippen LogP contribution in [-0.4, -0.2) is 22.5 Å². The molecule has 2 N–H and O–H groups in total. The minimum absolute atomic E-state index is 0.124. The molecule has 0 aliphatic heterocycles. The molecule has 1 amide bonds. The number of halogens is 1. The molecule has 0 saturated carbocycles. The second kappa shape index (κ2) is 9.22. The lowest BCUT2D eigenvalue weighted by atomic mass is 10.1. The third-order valence-corrected chi connectivity index (χ3v) is 4.81. The Morgan fingerprint density at radius 1 is 1.00 bits per heavy atom. The Morgan fingerprint density at radius 2 is 1.73 bits per heavy atom. The normalized spacial score (nSPS) is 11.9. The number of aryl methyl sites for hydroxylation is 1. The first-order valence-corrected chi connectivity index (χ1v) is 9.84. The quantitative estimate of drug-likeness (QED) is 0.453. The van der Waals surface area contributed by atoms with Gasteiger partial charge in [-0.3, -0.25) is 4.79 Å². The Hall–Kier alpha value is -3.67. The van der Waals surface area contributed by atoms with Crippen molar-refractivity contribution in [3.8, 4) is 5.75 Å². The third kappa shape index (κ3) is 4.84. The van der Waals surface area contributed by atoms with Gasteiger partial charge in [-0.05, 0) is 29.8 Å². The van der Waals surface area contributed by atoms with Gasteiger partial charge in [-0.1, -0.05) is 54.6 Å². The fourth-order valence-electron chi connectivity index (χ4n) is 3.26. The number of H-pyrrole nitrogens is 1. The highest BCUT2D eigenvalue weighted by Gasteiger charge is 2.17. The lowest BCUT2D eigenvalue weighted by Crippen LogP contribution is -2.32. The molecule has 4 aromatic rings. The number of aromatic amines is 1. The standard InChI is InChI=1S/C24H22FN3O2/c25-18-10-4-7-13-22(18)30-16-21(17-8-2-1-3-9-17)28-24(29)15-14-23-26-19-11-5-6-12-20(19)27-23/h1-13,21H,14-16H2,(H,26,27)(H,28,29). The fourth-order valence-corrected chi connectivity index (χ4v) is 3.26. The number of imidazole rings is 1. The van der Waals surface area contributed by atoms with Crippen molar-refractivity contribution < 1.29 is 13.9 Å². The Kier molecular flexibility index (Phi) is 6.03. The summed E-state index contributed by atoms with van der Waals surface area (Å²) in [5.41, 5.74) is 2.73. The number of nitrogens with one attached hydrogen (secondary N) is 2. The minimum atomic E-state index is -0.430. The topological polar surface area (TPSA) is 67.0 Å². The molecule has 5 nitrogen and oxygen atoms in total. The van der Waals surface area contributed by atoms with Crippen molar-refractivity contribution >= 4 is 16.9 Å². The first-order chi connectivity index (χ1) is 14.7. The second-order valence-corrected chi connectivity index (χ2v) is 6.97. The Bertz CT molecular complexity index is 1090. The number of rotatable bonds is 8. The van der Waals surface area contributed by atoms with E-state index in [9.17, 15) is 9.18 Å². The number of benzene rings is 3. The van der Waals surface area contributed by atoms with Crippen molar-refractivity contribution in [1.82, 2.24) is 15.3 Å². The maximum atomic E-state index is 13.9. The van der Waals surface area contributed by atoms with Gasteiger partial charge < -0.3 is 15.0 Å². The molecule has 1 unspecified atom stereocenters. The molecule has 6 heteroatoms. The molecular formula is C24H22FN3O2.